The Morgan fingerprint density at radius 1 is 1.29 bits per heavy atom. The molecule has 1 N–H and O–H groups in total. The zero-order chi connectivity index (χ0) is 17.1. The first kappa shape index (κ1) is 15.7. The lowest BCUT2D eigenvalue weighted by Crippen LogP contribution is -2.13. The summed E-state index contributed by atoms with van der Waals surface area (Å²) in [7, 11) is 0. The molecule has 0 saturated carbocycles. The van der Waals surface area contributed by atoms with Crippen molar-refractivity contribution in [1.82, 2.24) is 14.8 Å². The molecule has 24 heavy (non-hydrogen) atoms. The molecule has 2 aromatic carbocycles. The number of nitrogens with zero attached hydrogens (tertiary/aromatic N) is 4. The normalized spacial score (nSPS) is 10.2. The summed E-state index contributed by atoms with van der Waals surface area (Å²) < 4.78 is 1.62. The Kier molecular flexibility index (Phi) is 4.27. The zero-order valence-electron chi connectivity index (χ0n) is 12.7. The molecular formula is C17H12ClN5O. The van der Waals surface area contributed by atoms with Gasteiger partial charge in [-0.05, 0) is 48.9 Å². The number of halogens is 1. The molecule has 0 saturated heterocycles. The second-order valence-corrected chi connectivity index (χ2v) is 5.51. The number of aryl methyl sites for hydroxylation is 1. The number of nitrogens with one attached hydrogen (secondary N) is 1. The molecule has 118 valence electrons. The Balaban J connectivity index is 1.83. The first-order valence-corrected chi connectivity index (χ1v) is 7.43. The predicted molar refractivity (Wildman–Crippen MR) is 90.2 cm³/mol. The Morgan fingerprint density at radius 2 is 2.12 bits per heavy atom. The quantitative estimate of drug-likeness (QED) is 0.794. The molecule has 0 aliphatic rings. The summed E-state index contributed by atoms with van der Waals surface area (Å²) in [6.45, 7) is 1.85. The van der Waals surface area contributed by atoms with Crippen LogP contribution in [0.5, 0.6) is 0 Å². The summed E-state index contributed by atoms with van der Waals surface area (Å²) in [4.78, 5) is 16.3. The van der Waals surface area contributed by atoms with Crippen molar-refractivity contribution in [3.8, 4) is 11.8 Å². The van der Waals surface area contributed by atoms with Crippen LogP contribution in [0.3, 0.4) is 0 Å². The van der Waals surface area contributed by atoms with Gasteiger partial charge in [0, 0.05) is 11.3 Å². The Morgan fingerprint density at radius 3 is 2.75 bits per heavy atom. The SMILES string of the molecule is Cc1cc(-n2cncn2)ccc1C(=O)Nc1ccc(C#N)c(Cl)c1. The summed E-state index contributed by atoms with van der Waals surface area (Å²) in [5, 5.41) is 16.0. The molecule has 0 aliphatic heterocycles. The molecule has 0 bridgehead atoms. The highest BCUT2D eigenvalue weighted by molar-refractivity contribution is 6.32. The molecule has 6 nitrogen and oxygen atoms in total. The Hall–Kier alpha value is -3.17. The van der Waals surface area contributed by atoms with Crippen molar-refractivity contribution in [3.05, 3.63) is 70.8 Å². The van der Waals surface area contributed by atoms with Gasteiger partial charge in [0.05, 0.1) is 16.3 Å². The van der Waals surface area contributed by atoms with Crippen LogP contribution < -0.4 is 5.32 Å². The van der Waals surface area contributed by atoms with Gasteiger partial charge in [-0.3, -0.25) is 4.79 Å². The minimum Gasteiger partial charge on any atom is -0.322 e. The van der Waals surface area contributed by atoms with Gasteiger partial charge < -0.3 is 5.32 Å². The summed E-state index contributed by atoms with van der Waals surface area (Å²) >= 11 is 5.98. The van der Waals surface area contributed by atoms with E-state index in [0.29, 0.717) is 21.8 Å². The van der Waals surface area contributed by atoms with Gasteiger partial charge in [-0.1, -0.05) is 11.6 Å². The van der Waals surface area contributed by atoms with Crippen molar-refractivity contribution in [3.63, 3.8) is 0 Å². The fourth-order valence-corrected chi connectivity index (χ4v) is 2.49. The van der Waals surface area contributed by atoms with E-state index >= 15 is 0 Å². The van der Waals surface area contributed by atoms with Crippen LogP contribution in [0.4, 0.5) is 5.69 Å². The van der Waals surface area contributed by atoms with Crippen molar-refractivity contribution in [2.75, 3.05) is 5.32 Å². The van der Waals surface area contributed by atoms with E-state index in [9.17, 15) is 4.79 Å². The number of hydrogen-bond acceptors (Lipinski definition) is 4. The molecule has 0 fully saturated rings. The third-order valence-corrected chi connectivity index (χ3v) is 3.80. The largest absolute Gasteiger partial charge is 0.322 e. The Bertz CT molecular complexity index is 944. The maximum Gasteiger partial charge on any atom is 0.255 e. The van der Waals surface area contributed by atoms with Gasteiger partial charge in [-0.2, -0.15) is 10.4 Å². The van der Waals surface area contributed by atoms with Crippen LogP contribution in [0.2, 0.25) is 5.02 Å². The number of hydrogen-bond donors (Lipinski definition) is 1. The topological polar surface area (TPSA) is 83.6 Å². The number of rotatable bonds is 3. The number of aromatic nitrogens is 3. The molecule has 3 aromatic rings. The molecule has 7 heteroatoms. The number of anilines is 1. The van der Waals surface area contributed by atoms with E-state index < -0.39 is 0 Å². The Labute approximate surface area is 143 Å². The highest BCUT2D eigenvalue weighted by Crippen LogP contribution is 2.21. The first-order chi connectivity index (χ1) is 11.6. The highest BCUT2D eigenvalue weighted by Gasteiger charge is 2.11. The van der Waals surface area contributed by atoms with Crippen LogP contribution in [-0.4, -0.2) is 20.7 Å². The van der Waals surface area contributed by atoms with Crippen LogP contribution in [0.25, 0.3) is 5.69 Å². The standard InChI is InChI=1S/C17H12ClN5O/c1-11-6-14(23-10-20-9-21-23)4-5-15(11)17(24)22-13-3-2-12(8-19)16(18)7-13/h2-7,9-10H,1H3,(H,22,24). The van der Waals surface area contributed by atoms with Crippen molar-refractivity contribution < 1.29 is 4.79 Å². The minimum absolute atomic E-state index is 0.251. The molecule has 1 aromatic heterocycles. The first-order valence-electron chi connectivity index (χ1n) is 7.05. The van der Waals surface area contributed by atoms with Gasteiger partial charge in [0.1, 0.15) is 18.7 Å². The van der Waals surface area contributed by atoms with E-state index in [4.69, 9.17) is 16.9 Å². The van der Waals surface area contributed by atoms with Gasteiger partial charge in [0.15, 0.2) is 0 Å². The lowest BCUT2D eigenvalue weighted by Gasteiger charge is -2.10. The third-order valence-electron chi connectivity index (χ3n) is 3.49. The van der Waals surface area contributed by atoms with Crippen molar-refractivity contribution in [1.29, 1.82) is 5.26 Å². The van der Waals surface area contributed by atoms with Crippen LogP contribution >= 0.6 is 11.6 Å². The summed E-state index contributed by atoms with van der Waals surface area (Å²) in [6.07, 6.45) is 3.04. The van der Waals surface area contributed by atoms with Crippen LogP contribution in [0.15, 0.2) is 49.1 Å². The maximum absolute atomic E-state index is 12.4. The van der Waals surface area contributed by atoms with E-state index in [1.54, 1.807) is 41.3 Å². The number of nitriles is 1. The molecule has 3 rings (SSSR count). The third kappa shape index (κ3) is 3.12. The maximum atomic E-state index is 12.4. The number of benzene rings is 2. The molecule has 0 spiro atoms. The van der Waals surface area contributed by atoms with Crippen molar-refractivity contribution >= 4 is 23.2 Å². The minimum atomic E-state index is -0.251. The zero-order valence-corrected chi connectivity index (χ0v) is 13.4. The van der Waals surface area contributed by atoms with E-state index in [-0.39, 0.29) is 5.91 Å². The molecule has 0 unspecified atom stereocenters. The lowest BCUT2D eigenvalue weighted by molar-refractivity contribution is 0.102. The number of carbonyl (C=O) groups excluding carboxylic acids is 1. The number of carbonyl (C=O) groups is 1. The molecule has 1 heterocycles. The van der Waals surface area contributed by atoms with Crippen LogP contribution in [-0.2, 0) is 0 Å². The van der Waals surface area contributed by atoms with E-state index in [1.165, 1.54) is 6.33 Å². The summed E-state index contributed by atoms with van der Waals surface area (Å²) in [6, 6.07) is 12.1. The van der Waals surface area contributed by atoms with Gasteiger partial charge in [0.2, 0.25) is 0 Å². The molecule has 0 aliphatic carbocycles. The predicted octanol–water partition coefficient (Wildman–Crippen LogP) is 3.35. The van der Waals surface area contributed by atoms with Crippen LogP contribution in [0.1, 0.15) is 21.5 Å². The molecule has 1 amide bonds. The smallest absolute Gasteiger partial charge is 0.255 e. The summed E-state index contributed by atoms with van der Waals surface area (Å²) in [5.41, 5.74) is 3.06. The molecule has 0 atom stereocenters. The fraction of sp³-hybridized carbons (Fsp3) is 0.0588. The molecular weight excluding hydrogens is 326 g/mol. The van der Waals surface area contributed by atoms with E-state index in [2.05, 4.69) is 15.4 Å². The van der Waals surface area contributed by atoms with Gasteiger partial charge in [-0.15, -0.1) is 0 Å². The monoisotopic (exact) mass is 337 g/mol. The highest BCUT2D eigenvalue weighted by atomic mass is 35.5. The summed E-state index contributed by atoms with van der Waals surface area (Å²) in [5.74, 6) is -0.251. The van der Waals surface area contributed by atoms with Crippen LogP contribution in [0, 0.1) is 18.3 Å². The van der Waals surface area contributed by atoms with E-state index in [1.807, 2.05) is 19.1 Å². The number of amides is 1. The average Bonchev–Trinajstić information content (AvgIpc) is 3.09. The second-order valence-electron chi connectivity index (χ2n) is 5.10. The molecule has 0 radical (unpaired) electrons. The second kappa shape index (κ2) is 6.52. The van der Waals surface area contributed by atoms with Crippen molar-refractivity contribution in [2.24, 2.45) is 0 Å². The van der Waals surface area contributed by atoms with E-state index in [0.717, 1.165) is 11.3 Å². The van der Waals surface area contributed by atoms with Gasteiger partial charge in [-0.25, -0.2) is 9.67 Å². The van der Waals surface area contributed by atoms with Gasteiger partial charge in [0.25, 0.3) is 5.91 Å². The van der Waals surface area contributed by atoms with Crippen molar-refractivity contribution in [2.45, 2.75) is 6.92 Å². The fourth-order valence-electron chi connectivity index (χ4n) is 2.27. The lowest BCUT2D eigenvalue weighted by atomic mass is 10.1. The van der Waals surface area contributed by atoms with Gasteiger partial charge >= 0.3 is 0 Å². The average molecular weight is 338 g/mol.